The maximum Gasteiger partial charge on any atom is 0.134 e. The normalized spacial score (nSPS) is 9.64. The van der Waals surface area contributed by atoms with Crippen LogP contribution in [-0.4, -0.2) is 0 Å². The largest absolute Gasteiger partial charge is 0.206 e. The van der Waals surface area contributed by atoms with E-state index in [0.717, 1.165) is 5.56 Å². The van der Waals surface area contributed by atoms with E-state index in [0.29, 0.717) is 12.0 Å². The molecule has 57 valence electrons. The number of aryl methyl sites for hydroxylation is 1. The van der Waals surface area contributed by atoms with Gasteiger partial charge in [-0.2, -0.15) is 0 Å². The molecule has 0 saturated heterocycles. The van der Waals surface area contributed by atoms with Gasteiger partial charge >= 0.3 is 0 Å². The third kappa shape index (κ3) is 1.48. The quantitative estimate of drug-likeness (QED) is 0.606. The van der Waals surface area contributed by atoms with Crippen molar-refractivity contribution in [3.8, 4) is 0 Å². The highest BCUT2D eigenvalue weighted by Crippen LogP contribution is 2.12. The molecule has 0 nitrogen and oxygen atoms in total. The van der Waals surface area contributed by atoms with Gasteiger partial charge in [0.25, 0.3) is 0 Å². The Morgan fingerprint density at radius 3 is 2.82 bits per heavy atom. The molecule has 0 unspecified atom stereocenters. The summed E-state index contributed by atoms with van der Waals surface area (Å²) in [6.45, 7) is 5.32. The molecular formula is C10H10F. The molecule has 0 bridgehead atoms. The lowest BCUT2D eigenvalue weighted by Gasteiger charge is -2.00. The predicted octanol–water partition coefficient (Wildman–Crippen LogP) is 2.73. The van der Waals surface area contributed by atoms with Gasteiger partial charge in [-0.1, -0.05) is 31.7 Å². The van der Waals surface area contributed by atoms with Gasteiger partial charge in [0.05, 0.1) is 0 Å². The third-order valence-electron chi connectivity index (χ3n) is 1.65. The minimum atomic E-state index is -0.190. The molecule has 0 aromatic heterocycles. The Balaban J connectivity index is 3.20. The van der Waals surface area contributed by atoms with Crippen molar-refractivity contribution >= 4 is 0 Å². The lowest BCUT2D eigenvalue weighted by molar-refractivity contribution is 0.606. The highest BCUT2D eigenvalue weighted by molar-refractivity contribution is 5.29. The molecule has 1 rings (SSSR count). The van der Waals surface area contributed by atoms with Crippen LogP contribution in [0.25, 0.3) is 0 Å². The molecule has 0 amide bonds. The zero-order valence-corrected chi connectivity index (χ0v) is 6.52. The van der Waals surface area contributed by atoms with E-state index in [1.807, 2.05) is 13.0 Å². The fourth-order valence-corrected chi connectivity index (χ4v) is 0.989. The van der Waals surface area contributed by atoms with Crippen molar-refractivity contribution in [2.45, 2.75) is 13.3 Å². The molecule has 11 heavy (non-hydrogen) atoms. The first-order valence-electron chi connectivity index (χ1n) is 3.60. The Bertz CT molecular complexity index is 264. The molecular weight excluding hydrogens is 139 g/mol. The SMILES string of the molecule is C=[C]c1cccc(CC)c1F. The molecule has 0 N–H and O–H groups in total. The van der Waals surface area contributed by atoms with Crippen LogP contribution in [0.1, 0.15) is 18.1 Å². The van der Waals surface area contributed by atoms with Crippen LogP contribution in [0.3, 0.4) is 0 Å². The van der Waals surface area contributed by atoms with Crippen molar-refractivity contribution in [2.24, 2.45) is 0 Å². The van der Waals surface area contributed by atoms with Gasteiger partial charge in [0, 0.05) is 5.56 Å². The molecule has 0 aliphatic heterocycles. The summed E-state index contributed by atoms with van der Waals surface area (Å²) >= 11 is 0. The maximum absolute atomic E-state index is 13.2. The van der Waals surface area contributed by atoms with Gasteiger partial charge in [-0.25, -0.2) is 4.39 Å². The van der Waals surface area contributed by atoms with E-state index < -0.39 is 0 Å². The summed E-state index contributed by atoms with van der Waals surface area (Å²) in [5, 5.41) is 0. The van der Waals surface area contributed by atoms with E-state index >= 15 is 0 Å². The Hall–Kier alpha value is -1.11. The maximum atomic E-state index is 13.2. The standard InChI is InChI=1S/C10H10F/c1-3-8-6-5-7-9(4-2)10(8)11/h5-7H,1,4H2,2H3. The van der Waals surface area contributed by atoms with Crippen LogP contribution in [0, 0.1) is 11.9 Å². The Kier molecular flexibility index (Phi) is 2.42. The van der Waals surface area contributed by atoms with Gasteiger partial charge in [-0.05, 0) is 18.1 Å². The van der Waals surface area contributed by atoms with Crippen LogP contribution in [-0.2, 0) is 6.42 Å². The Morgan fingerprint density at radius 2 is 2.27 bits per heavy atom. The summed E-state index contributed by atoms with van der Waals surface area (Å²) in [6.07, 6.45) is 3.25. The van der Waals surface area contributed by atoms with Gasteiger partial charge in [-0.3, -0.25) is 0 Å². The lowest BCUT2D eigenvalue weighted by Crippen LogP contribution is -1.90. The van der Waals surface area contributed by atoms with Crippen molar-refractivity contribution in [1.82, 2.24) is 0 Å². The van der Waals surface area contributed by atoms with Crippen molar-refractivity contribution in [2.75, 3.05) is 0 Å². The van der Waals surface area contributed by atoms with Gasteiger partial charge in [0.2, 0.25) is 0 Å². The zero-order chi connectivity index (χ0) is 8.27. The first-order chi connectivity index (χ1) is 5.29. The second-order valence-corrected chi connectivity index (χ2v) is 2.31. The second-order valence-electron chi connectivity index (χ2n) is 2.31. The average Bonchev–Trinajstić information content (AvgIpc) is 2.05. The number of rotatable bonds is 2. The molecule has 1 aromatic carbocycles. The molecule has 1 heteroatoms. The van der Waals surface area contributed by atoms with E-state index in [-0.39, 0.29) is 5.82 Å². The highest BCUT2D eigenvalue weighted by Gasteiger charge is 2.02. The van der Waals surface area contributed by atoms with Crippen LogP contribution < -0.4 is 0 Å². The Labute approximate surface area is 66.4 Å². The van der Waals surface area contributed by atoms with Crippen LogP contribution in [0.2, 0.25) is 0 Å². The van der Waals surface area contributed by atoms with Crippen LogP contribution in [0.15, 0.2) is 24.8 Å². The number of hydrogen-bond acceptors (Lipinski definition) is 0. The van der Waals surface area contributed by atoms with Crippen molar-refractivity contribution in [3.63, 3.8) is 0 Å². The fourth-order valence-electron chi connectivity index (χ4n) is 0.989. The van der Waals surface area contributed by atoms with Gasteiger partial charge < -0.3 is 0 Å². The minimum Gasteiger partial charge on any atom is -0.206 e. The second kappa shape index (κ2) is 3.33. The van der Waals surface area contributed by atoms with Crippen molar-refractivity contribution in [3.05, 3.63) is 47.8 Å². The Morgan fingerprint density at radius 1 is 1.55 bits per heavy atom. The summed E-state index contributed by atoms with van der Waals surface area (Å²) in [7, 11) is 0. The summed E-state index contributed by atoms with van der Waals surface area (Å²) in [5.74, 6) is -0.190. The van der Waals surface area contributed by atoms with Crippen LogP contribution >= 0.6 is 0 Å². The van der Waals surface area contributed by atoms with E-state index in [2.05, 4.69) is 12.7 Å². The van der Waals surface area contributed by atoms with Gasteiger partial charge in [0.1, 0.15) is 5.82 Å². The fraction of sp³-hybridized carbons (Fsp3) is 0.200. The number of benzene rings is 1. The average molecular weight is 149 g/mol. The monoisotopic (exact) mass is 149 g/mol. The summed E-state index contributed by atoms with van der Waals surface area (Å²) < 4.78 is 13.2. The molecule has 0 fully saturated rings. The number of halogens is 1. The molecule has 0 atom stereocenters. The molecule has 0 aliphatic carbocycles. The first kappa shape index (κ1) is 7.99. The molecule has 0 aliphatic rings. The van der Waals surface area contributed by atoms with Crippen molar-refractivity contribution < 1.29 is 4.39 Å². The topological polar surface area (TPSA) is 0 Å². The van der Waals surface area contributed by atoms with Crippen LogP contribution in [0.4, 0.5) is 4.39 Å². The zero-order valence-electron chi connectivity index (χ0n) is 6.52. The lowest BCUT2D eigenvalue weighted by atomic mass is 10.1. The molecule has 0 spiro atoms. The summed E-state index contributed by atoms with van der Waals surface area (Å²) in [4.78, 5) is 0. The van der Waals surface area contributed by atoms with Gasteiger partial charge in [0.15, 0.2) is 0 Å². The minimum absolute atomic E-state index is 0.190. The van der Waals surface area contributed by atoms with E-state index in [4.69, 9.17) is 0 Å². The summed E-state index contributed by atoms with van der Waals surface area (Å²) in [5.41, 5.74) is 1.18. The van der Waals surface area contributed by atoms with E-state index in [1.54, 1.807) is 12.1 Å². The molecule has 0 saturated carbocycles. The first-order valence-corrected chi connectivity index (χ1v) is 3.60. The molecule has 1 aromatic rings. The van der Waals surface area contributed by atoms with E-state index in [9.17, 15) is 4.39 Å². The van der Waals surface area contributed by atoms with Crippen LogP contribution in [0.5, 0.6) is 0 Å². The van der Waals surface area contributed by atoms with Crippen molar-refractivity contribution in [1.29, 1.82) is 0 Å². The predicted molar refractivity (Wildman–Crippen MR) is 43.8 cm³/mol. The highest BCUT2D eigenvalue weighted by atomic mass is 19.1. The van der Waals surface area contributed by atoms with Gasteiger partial charge in [-0.15, -0.1) is 0 Å². The molecule has 0 heterocycles. The number of hydrogen-bond donors (Lipinski definition) is 0. The van der Waals surface area contributed by atoms with E-state index in [1.165, 1.54) is 0 Å². The summed E-state index contributed by atoms with van der Waals surface area (Å²) in [6, 6.07) is 5.26. The third-order valence-corrected chi connectivity index (χ3v) is 1.65. The molecule has 1 radical (unpaired) electrons. The smallest absolute Gasteiger partial charge is 0.134 e.